The molecule has 2 aromatic rings. The number of carbonyl (C=O) groups is 1. The van der Waals surface area contributed by atoms with E-state index in [2.05, 4.69) is 5.32 Å². The summed E-state index contributed by atoms with van der Waals surface area (Å²) in [5, 5.41) is 3.23. The number of sulfone groups is 1. The molecule has 25 heavy (non-hydrogen) atoms. The number of rotatable bonds is 4. The third kappa shape index (κ3) is 4.23. The fourth-order valence-electron chi connectivity index (χ4n) is 2.82. The predicted molar refractivity (Wildman–Crippen MR) is 101 cm³/mol. The van der Waals surface area contributed by atoms with E-state index in [1.807, 2.05) is 7.05 Å². The maximum atomic E-state index is 12.6. The average Bonchev–Trinajstić information content (AvgIpc) is 3.13. The number of nitrogens with one attached hydrogen (secondary N) is 1. The molecule has 1 N–H and O–H groups in total. The number of halogens is 1. The van der Waals surface area contributed by atoms with Crippen LogP contribution >= 0.6 is 23.7 Å². The normalized spacial score (nSPS) is 15.6. The van der Waals surface area contributed by atoms with Crippen molar-refractivity contribution in [1.82, 2.24) is 10.2 Å². The molecule has 3 rings (SSSR count). The van der Waals surface area contributed by atoms with Crippen LogP contribution in [0.3, 0.4) is 0 Å². The van der Waals surface area contributed by atoms with Crippen LogP contribution in [0.4, 0.5) is 0 Å². The fourth-order valence-corrected chi connectivity index (χ4v) is 5.52. The second kappa shape index (κ2) is 8.31. The van der Waals surface area contributed by atoms with Crippen LogP contribution in [0.15, 0.2) is 51.6 Å². The van der Waals surface area contributed by atoms with Crippen molar-refractivity contribution >= 4 is 39.5 Å². The van der Waals surface area contributed by atoms with E-state index >= 15 is 0 Å². The molecular weight excluding hydrogens is 380 g/mol. The Balaban J connectivity index is 0.00000225. The first kappa shape index (κ1) is 19.9. The van der Waals surface area contributed by atoms with E-state index in [9.17, 15) is 13.2 Å². The molecule has 1 amide bonds. The van der Waals surface area contributed by atoms with E-state index in [0.29, 0.717) is 24.0 Å². The van der Waals surface area contributed by atoms with Gasteiger partial charge in [-0.3, -0.25) is 4.79 Å². The topological polar surface area (TPSA) is 66.5 Å². The van der Waals surface area contributed by atoms with Crippen molar-refractivity contribution in [3.05, 3.63) is 47.3 Å². The van der Waals surface area contributed by atoms with Crippen LogP contribution in [0.2, 0.25) is 0 Å². The summed E-state index contributed by atoms with van der Waals surface area (Å²) in [6.07, 6.45) is 1.84. The average molecular weight is 401 g/mol. The Labute approximate surface area is 158 Å². The van der Waals surface area contributed by atoms with Gasteiger partial charge < -0.3 is 10.2 Å². The van der Waals surface area contributed by atoms with Crippen LogP contribution in [0.25, 0.3) is 0 Å². The van der Waals surface area contributed by atoms with Crippen molar-refractivity contribution in [2.24, 2.45) is 0 Å². The smallest absolute Gasteiger partial charge is 0.263 e. The summed E-state index contributed by atoms with van der Waals surface area (Å²) in [6, 6.07) is 11.9. The highest BCUT2D eigenvalue weighted by atomic mass is 35.5. The van der Waals surface area contributed by atoms with Gasteiger partial charge in [-0.25, -0.2) is 8.42 Å². The van der Waals surface area contributed by atoms with Crippen molar-refractivity contribution in [1.29, 1.82) is 0 Å². The lowest BCUT2D eigenvalue weighted by molar-refractivity contribution is 0.0712. The van der Waals surface area contributed by atoms with Crippen LogP contribution in [-0.4, -0.2) is 45.4 Å². The molecule has 0 unspecified atom stereocenters. The van der Waals surface area contributed by atoms with Gasteiger partial charge in [-0.05, 0) is 44.2 Å². The molecule has 0 radical (unpaired) electrons. The van der Waals surface area contributed by atoms with Gasteiger partial charge >= 0.3 is 0 Å². The molecular formula is C17H21ClN2O3S2. The highest BCUT2D eigenvalue weighted by Gasteiger charge is 2.26. The Morgan fingerprint density at radius 1 is 1.12 bits per heavy atom. The van der Waals surface area contributed by atoms with Crippen LogP contribution in [-0.2, 0) is 9.84 Å². The van der Waals surface area contributed by atoms with Crippen molar-refractivity contribution < 1.29 is 13.2 Å². The lowest BCUT2D eigenvalue weighted by Gasteiger charge is -2.31. The molecule has 0 aliphatic carbocycles. The molecule has 1 aliphatic rings. The molecule has 1 fully saturated rings. The van der Waals surface area contributed by atoms with Gasteiger partial charge in [0, 0.05) is 19.1 Å². The third-order valence-electron chi connectivity index (χ3n) is 4.30. The number of carbonyl (C=O) groups excluding carboxylic acids is 1. The number of amides is 1. The minimum atomic E-state index is -3.56. The number of piperidine rings is 1. The van der Waals surface area contributed by atoms with E-state index in [-0.39, 0.29) is 27.4 Å². The Bertz CT molecular complexity index is 813. The van der Waals surface area contributed by atoms with Gasteiger partial charge in [-0.15, -0.1) is 23.7 Å². The molecule has 0 atom stereocenters. The van der Waals surface area contributed by atoms with Gasteiger partial charge in [0.1, 0.15) is 4.21 Å². The molecule has 8 heteroatoms. The summed E-state index contributed by atoms with van der Waals surface area (Å²) < 4.78 is 25.4. The first-order valence-electron chi connectivity index (χ1n) is 7.89. The van der Waals surface area contributed by atoms with E-state index in [0.717, 1.165) is 24.2 Å². The molecule has 1 aromatic heterocycles. The minimum absolute atomic E-state index is 0. The minimum Gasteiger partial charge on any atom is -0.338 e. The van der Waals surface area contributed by atoms with Crippen LogP contribution in [0.5, 0.6) is 0 Å². The van der Waals surface area contributed by atoms with Crippen molar-refractivity contribution in [2.75, 3.05) is 20.1 Å². The van der Waals surface area contributed by atoms with Gasteiger partial charge in [-0.2, -0.15) is 0 Å². The fraction of sp³-hybridized carbons (Fsp3) is 0.353. The standard InChI is InChI=1S/C17H20N2O3S2.ClH/c1-18-13-9-11-19(12-10-13)17(20)15-7-8-16(23-15)24(21,22)14-5-3-2-4-6-14;/h2-8,13,18H,9-12H2,1H3;1H. The van der Waals surface area contributed by atoms with Crippen LogP contribution in [0, 0.1) is 0 Å². The zero-order valence-electron chi connectivity index (χ0n) is 13.8. The Morgan fingerprint density at radius 2 is 1.76 bits per heavy atom. The summed E-state index contributed by atoms with van der Waals surface area (Å²) >= 11 is 1.05. The molecule has 0 bridgehead atoms. The van der Waals surface area contributed by atoms with Gasteiger partial charge in [0.25, 0.3) is 5.91 Å². The van der Waals surface area contributed by atoms with Gasteiger partial charge in [0.15, 0.2) is 0 Å². The molecule has 0 spiro atoms. The maximum Gasteiger partial charge on any atom is 0.263 e. The molecule has 0 saturated carbocycles. The monoisotopic (exact) mass is 400 g/mol. The zero-order valence-corrected chi connectivity index (χ0v) is 16.3. The molecule has 2 heterocycles. The second-order valence-electron chi connectivity index (χ2n) is 5.79. The zero-order chi connectivity index (χ0) is 17.2. The summed E-state index contributed by atoms with van der Waals surface area (Å²) in [4.78, 5) is 15.1. The highest BCUT2D eigenvalue weighted by Crippen LogP contribution is 2.29. The largest absolute Gasteiger partial charge is 0.338 e. The van der Waals surface area contributed by atoms with E-state index in [1.165, 1.54) is 6.07 Å². The molecule has 5 nitrogen and oxygen atoms in total. The molecule has 1 aliphatic heterocycles. The maximum absolute atomic E-state index is 12.6. The number of nitrogens with zero attached hydrogens (tertiary/aromatic N) is 1. The van der Waals surface area contributed by atoms with Gasteiger partial charge in [-0.1, -0.05) is 18.2 Å². The van der Waals surface area contributed by atoms with Crippen molar-refractivity contribution in [3.63, 3.8) is 0 Å². The third-order valence-corrected chi connectivity index (χ3v) is 7.64. The quantitative estimate of drug-likeness (QED) is 0.856. The Morgan fingerprint density at radius 3 is 2.36 bits per heavy atom. The lowest BCUT2D eigenvalue weighted by atomic mass is 10.1. The predicted octanol–water partition coefficient (Wildman–Crippen LogP) is 2.83. The number of thiophene rings is 1. The Hall–Kier alpha value is -1.41. The molecule has 1 saturated heterocycles. The highest BCUT2D eigenvalue weighted by molar-refractivity contribution is 7.93. The van der Waals surface area contributed by atoms with Crippen molar-refractivity contribution in [3.8, 4) is 0 Å². The molecule has 1 aromatic carbocycles. The van der Waals surface area contributed by atoms with Crippen LogP contribution < -0.4 is 5.32 Å². The second-order valence-corrected chi connectivity index (χ2v) is 9.05. The lowest BCUT2D eigenvalue weighted by Crippen LogP contribution is -2.43. The first-order chi connectivity index (χ1) is 11.5. The Kier molecular flexibility index (Phi) is 6.62. The summed E-state index contributed by atoms with van der Waals surface area (Å²) in [5.41, 5.74) is 0. The SMILES string of the molecule is CNC1CCN(C(=O)c2ccc(S(=O)(=O)c3ccccc3)s2)CC1.Cl. The number of benzene rings is 1. The van der Waals surface area contributed by atoms with E-state index < -0.39 is 9.84 Å². The summed E-state index contributed by atoms with van der Waals surface area (Å²) in [5.74, 6) is -0.0796. The number of hydrogen-bond donors (Lipinski definition) is 1. The van der Waals surface area contributed by atoms with E-state index in [4.69, 9.17) is 0 Å². The van der Waals surface area contributed by atoms with E-state index in [1.54, 1.807) is 41.3 Å². The van der Waals surface area contributed by atoms with Crippen LogP contribution in [0.1, 0.15) is 22.5 Å². The summed E-state index contributed by atoms with van der Waals surface area (Å²) in [7, 11) is -1.62. The molecule has 136 valence electrons. The van der Waals surface area contributed by atoms with Gasteiger partial charge in [0.2, 0.25) is 9.84 Å². The number of likely N-dealkylation sites (tertiary alicyclic amines) is 1. The number of hydrogen-bond acceptors (Lipinski definition) is 5. The van der Waals surface area contributed by atoms with Crippen molar-refractivity contribution in [2.45, 2.75) is 28.0 Å². The summed E-state index contributed by atoms with van der Waals surface area (Å²) in [6.45, 7) is 1.39. The first-order valence-corrected chi connectivity index (χ1v) is 10.2. The van der Waals surface area contributed by atoms with Gasteiger partial charge in [0.05, 0.1) is 9.77 Å².